The summed E-state index contributed by atoms with van der Waals surface area (Å²) in [4.78, 5) is 57.2. The summed E-state index contributed by atoms with van der Waals surface area (Å²) in [7, 11) is 0. The third-order valence-electron chi connectivity index (χ3n) is 10.7. The number of rotatable bonds is 13. The number of carboxylic acid groups (broad SMARTS) is 1. The van der Waals surface area contributed by atoms with Gasteiger partial charge in [-0.05, 0) is 101 Å². The highest BCUT2D eigenvalue weighted by Gasteiger charge is 2.49. The summed E-state index contributed by atoms with van der Waals surface area (Å²) in [5.74, 6) is -3.02. The van der Waals surface area contributed by atoms with E-state index in [4.69, 9.17) is 10.1 Å². The molecule has 0 spiro atoms. The van der Waals surface area contributed by atoms with Gasteiger partial charge in [0.1, 0.15) is 5.92 Å². The molecule has 0 aromatic carbocycles. The summed E-state index contributed by atoms with van der Waals surface area (Å²) in [6.07, 6.45) is 11.7. The van der Waals surface area contributed by atoms with Gasteiger partial charge >= 0.3 is 5.97 Å². The molecule has 0 aromatic heterocycles. The molecule has 1 amide bonds. The first-order valence-electron chi connectivity index (χ1n) is 16.1. The van der Waals surface area contributed by atoms with Crippen LogP contribution in [-0.4, -0.2) is 69.5 Å². The van der Waals surface area contributed by atoms with E-state index in [1.54, 1.807) is 0 Å². The molecule has 0 radical (unpaired) electrons. The second-order valence-electron chi connectivity index (χ2n) is 13.4. The van der Waals surface area contributed by atoms with Crippen molar-refractivity contribution in [1.82, 2.24) is 10.8 Å². The SMILES string of the molecule is O=C(O)C1CCCC([N+](=O)[O-])C1C(=O)NC1CCC(CC2CCC(NOCC3C(COO)CCCC3[N+](=O)[O-])CC2)CC1. The number of amides is 1. The second-order valence-corrected chi connectivity index (χ2v) is 13.4. The van der Waals surface area contributed by atoms with E-state index in [0.29, 0.717) is 24.7 Å². The third kappa shape index (κ3) is 9.05. The van der Waals surface area contributed by atoms with Crippen LogP contribution in [0.5, 0.6) is 0 Å². The Morgan fingerprint density at radius 2 is 1.35 bits per heavy atom. The molecule has 4 saturated carbocycles. The van der Waals surface area contributed by atoms with E-state index in [2.05, 4.69) is 15.7 Å². The lowest BCUT2D eigenvalue weighted by atomic mass is 9.74. The van der Waals surface area contributed by atoms with E-state index in [1.165, 1.54) is 0 Å². The van der Waals surface area contributed by atoms with E-state index in [-0.39, 0.29) is 54.9 Å². The van der Waals surface area contributed by atoms with Crippen LogP contribution in [0.4, 0.5) is 0 Å². The molecular formula is C29H48N4O10. The smallest absolute Gasteiger partial charge is 0.307 e. The van der Waals surface area contributed by atoms with Gasteiger partial charge in [0, 0.05) is 34.8 Å². The summed E-state index contributed by atoms with van der Waals surface area (Å²) in [5, 5.41) is 44.5. The zero-order valence-corrected chi connectivity index (χ0v) is 24.8. The van der Waals surface area contributed by atoms with E-state index < -0.39 is 40.7 Å². The minimum atomic E-state index is -1.15. The molecule has 4 aliphatic rings. The predicted molar refractivity (Wildman–Crippen MR) is 153 cm³/mol. The van der Waals surface area contributed by atoms with Crippen molar-refractivity contribution in [2.45, 2.75) is 120 Å². The molecular weight excluding hydrogens is 564 g/mol. The van der Waals surface area contributed by atoms with Crippen LogP contribution in [0, 0.1) is 55.7 Å². The Morgan fingerprint density at radius 3 is 1.93 bits per heavy atom. The molecule has 4 N–H and O–H groups in total. The fraction of sp³-hybridized carbons (Fsp3) is 0.931. The van der Waals surface area contributed by atoms with E-state index in [0.717, 1.165) is 70.6 Å². The zero-order valence-electron chi connectivity index (χ0n) is 24.8. The van der Waals surface area contributed by atoms with E-state index in [9.17, 15) is 34.9 Å². The Balaban J connectivity index is 1.15. The quantitative estimate of drug-likeness (QED) is 0.134. The van der Waals surface area contributed by atoms with Crippen LogP contribution < -0.4 is 10.8 Å². The molecule has 4 aliphatic carbocycles. The van der Waals surface area contributed by atoms with Gasteiger partial charge in [0.25, 0.3) is 0 Å². The number of hydrogen-bond acceptors (Lipinski definition) is 10. The largest absolute Gasteiger partial charge is 0.481 e. The number of nitrogens with one attached hydrogen (secondary N) is 2. The molecule has 14 nitrogen and oxygen atoms in total. The van der Waals surface area contributed by atoms with Crippen molar-refractivity contribution < 1.29 is 39.5 Å². The molecule has 4 fully saturated rings. The molecule has 0 heterocycles. The third-order valence-corrected chi connectivity index (χ3v) is 10.7. The van der Waals surface area contributed by atoms with Crippen LogP contribution in [0.15, 0.2) is 0 Å². The number of hydrogen-bond donors (Lipinski definition) is 4. The maximum atomic E-state index is 13.0. The minimum Gasteiger partial charge on any atom is -0.481 e. The van der Waals surface area contributed by atoms with Gasteiger partial charge in [-0.3, -0.25) is 35.1 Å². The number of nitrogens with zero attached hydrogens (tertiary/aromatic N) is 2. The average molecular weight is 613 g/mol. The van der Waals surface area contributed by atoms with Gasteiger partial charge in [-0.15, -0.1) is 0 Å². The lowest BCUT2D eigenvalue weighted by Gasteiger charge is -2.36. The Hall–Kier alpha value is -2.42. The molecule has 14 heteroatoms. The molecule has 0 saturated heterocycles. The topological polar surface area (TPSA) is 203 Å². The van der Waals surface area contributed by atoms with Crippen molar-refractivity contribution in [3.8, 4) is 0 Å². The lowest BCUT2D eigenvalue weighted by Crippen LogP contribution is -2.52. The Labute approximate surface area is 251 Å². The van der Waals surface area contributed by atoms with Crippen molar-refractivity contribution in [2.24, 2.45) is 35.5 Å². The lowest BCUT2D eigenvalue weighted by molar-refractivity contribution is -0.540. The Kier molecular flexibility index (Phi) is 12.5. The minimum absolute atomic E-state index is 0.0749. The summed E-state index contributed by atoms with van der Waals surface area (Å²) in [6, 6.07) is -1.72. The summed E-state index contributed by atoms with van der Waals surface area (Å²) in [5.41, 5.74) is 3.14. The highest BCUT2D eigenvalue weighted by Crippen LogP contribution is 2.37. The summed E-state index contributed by atoms with van der Waals surface area (Å²) < 4.78 is 0. The van der Waals surface area contributed by atoms with Crippen LogP contribution in [0.3, 0.4) is 0 Å². The number of nitro groups is 2. The molecule has 0 aromatic rings. The van der Waals surface area contributed by atoms with Gasteiger partial charge < -0.3 is 15.3 Å². The maximum absolute atomic E-state index is 13.0. The normalized spacial score (nSPS) is 36.9. The van der Waals surface area contributed by atoms with Crippen molar-refractivity contribution in [1.29, 1.82) is 0 Å². The maximum Gasteiger partial charge on any atom is 0.307 e. The molecule has 6 unspecified atom stereocenters. The number of carbonyl (C=O) groups is 2. The van der Waals surface area contributed by atoms with Crippen molar-refractivity contribution >= 4 is 11.9 Å². The Morgan fingerprint density at radius 1 is 0.767 bits per heavy atom. The fourth-order valence-electron chi connectivity index (χ4n) is 8.28. The molecule has 0 aliphatic heterocycles. The first kappa shape index (κ1) is 33.5. The van der Waals surface area contributed by atoms with Crippen molar-refractivity contribution in [3.63, 3.8) is 0 Å². The van der Waals surface area contributed by atoms with E-state index >= 15 is 0 Å². The average Bonchev–Trinajstić information content (AvgIpc) is 2.99. The highest BCUT2D eigenvalue weighted by atomic mass is 17.1. The predicted octanol–water partition coefficient (Wildman–Crippen LogP) is 3.83. The molecule has 43 heavy (non-hydrogen) atoms. The molecule has 244 valence electrons. The van der Waals surface area contributed by atoms with E-state index in [1.807, 2.05) is 0 Å². The number of carbonyl (C=O) groups excluding carboxylic acids is 1. The van der Waals surface area contributed by atoms with Crippen LogP contribution >= 0.6 is 0 Å². The van der Waals surface area contributed by atoms with Crippen molar-refractivity contribution in [3.05, 3.63) is 20.2 Å². The first-order chi connectivity index (χ1) is 20.7. The fourth-order valence-corrected chi connectivity index (χ4v) is 8.28. The summed E-state index contributed by atoms with van der Waals surface area (Å²) in [6.45, 7) is 0.287. The Bertz CT molecular complexity index is 930. The number of aliphatic carboxylic acids is 1. The van der Waals surface area contributed by atoms with Gasteiger partial charge in [0.15, 0.2) is 0 Å². The van der Waals surface area contributed by atoms with Gasteiger partial charge in [-0.25, -0.2) is 4.89 Å². The van der Waals surface area contributed by atoms with Crippen LogP contribution in [0.25, 0.3) is 0 Å². The summed E-state index contributed by atoms with van der Waals surface area (Å²) >= 11 is 0. The molecule has 6 atom stereocenters. The van der Waals surface area contributed by atoms with Gasteiger partial charge in [0.2, 0.25) is 18.0 Å². The standard InChI is InChI=1S/C29H48N4O10/c34-28(27-23(29(35)36)4-2-6-26(27)33(39)40)30-21-11-7-18(8-12-21)15-19-9-13-22(14-10-19)31-42-17-24-20(16-43-41)3-1-5-25(24)32(37)38/h18-27,31,41H,1-17H2,(H,30,34)(H,35,36). The second kappa shape index (κ2) is 16.1. The number of hydroxylamine groups is 1. The van der Waals surface area contributed by atoms with Gasteiger partial charge in [-0.1, -0.05) is 0 Å². The first-order valence-corrected chi connectivity index (χ1v) is 16.1. The van der Waals surface area contributed by atoms with Crippen LogP contribution in [0.1, 0.15) is 96.3 Å². The molecule has 4 rings (SSSR count). The van der Waals surface area contributed by atoms with Gasteiger partial charge in [-0.2, -0.15) is 5.48 Å². The monoisotopic (exact) mass is 612 g/mol. The zero-order chi connectivity index (χ0) is 30.9. The van der Waals surface area contributed by atoms with Crippen molar-refractivity contribution in [2.75, 3.05) is 13.2 Å². The van der Waals surface area contributed by atoms with Crippen LogP contribution in [0.2, 0.25) is 0 Å². The number of carboxylic acids is 1. The molecule has 0 bridgehead atoms. The van der Waals surface area contributed by atoms with Crippen LogP contribution in [-0.2, 0) is 19.3 Å². The van der Waals surface area contributed by atoms with Gasteiger partial charge in [0.05, 0.1) is 25.0 Å². The highest BCUT2D eigenvalue weighted by molar-refractivity contribution is 5.85.